The number of aryl methyl sites for hydroxylation is 1. The minimum absolute atomic E-state index is 0.0411. The highest BCUT2D eigenvalue weighted by Crippen LogP contribution is 2.31. The van der Waals surface area contributed by atoms with E-state index in [0.717, 1.165) is 5.56 Å². The minimum atomic E-state index is -0.968. The lowest BCUT2D eigenvalue weighted by molar-refractivity contribution is -0.124. The number of halogens is 2. The second-order valence-corrected chi connectivity index (χ2v) is 8.11. The van der Waals surface area contributed by atoms with Crippen LogP contribution in [0.4, 0.5) is 0 Å². The summed E-state index contributed by atoms with van der Waals surface area (Å²) in [7, 11) is 0. The molecule has 8 heteroatoms. The van der Waals surface area contributed by atoms with Crippen molar-refractivity contribution < 1.29 is 19.4 Å². The normalized spacial score (nSPS) is 12.9. The first kappa shape index (κ1) is 24.0. The third kappa shape index (κ3) is 6.90. The first-order valence-electron chi connectivity index (χ1n) is 9.59. The number of carbonyl (C=O) groups is 2. The van der Waals surface area contributed by atoms with Gasteiger partial charge in [0, 0.05) is 12.1 Å². The van der Waals surface area contributed by atoms with Crippen molar-refractivity contribution in [2.75, 3.05) is 13.2 Å². The lowest BCUT2D eigenvalue weighted by Gasteiger charge is -2.23. The Labute approximate surface area is 186 Å². The van der Waals surface area contributed by atoms with Crippen LogP contribution in [-0.2, 0) is 4.79 Å². The summed E-state index contributed by atoms with van der Waals surface area (Å²) in [5, 5.41) is 16.1. The van der Waals surface area contributed by atoms with Gasteiger partial charge in [-0.25, -0.2) is 0 Å². The molecular formula is C22H26Cl2N2O4. The molecular weight excluding hydrogens is 427 g/mol. The lowest BCUT2D eigenvalue weighted by Crippen LogP contribution is -2.51. The molecule has 0 aromatic heterocycles. The molecule has 2 amide bonds. The number of nitrogens with one attached hydrogen (secondary N) is 2. The summed E-state index contributed by atoms with van der Waals surface area (Å²) in [5.74, 6) is -0.504. The van der Waals surface area contributed by atoms with Crippen LogP contribution in [0.1, 0.15) is 29.8 Å². The Hall–Kier alpha value is -2.28. The van der Waals surface area contributed by atoms with Crippen molar-refractivity contribution in [1.29, 1.82) is 0 Å². The zero-order chi connectivity index (χ0) is 22.3. The van der Waals surface area contributed by atoms with Crippen LogP contribution in [0.15, 0.2) is 42.5 Å². The van der Waals surface area contributed by atoms with Crippen LogP contribution < -0.4 is 15.4 Å². The van der Waals surface area contributed by atoms with E-state index in [1.807, 2.05) is 26.8 Å². The summed E-state index contributed by atoms with van der Waals surface area (Å²) in [6, 6.07) is 11.3. The Morgan fingerprint density at radius 3 is 2.50 bits per heavy atom. The quantitative estimate of drug-likeness (QED) is 0.542. The molecule has 0 heterocycles. The van der Waals surface area contributed by atoms with Gasteiger partial charge in [-0.3, -0.25) is 9.59 Å². The number of carbonyl (C=O) groups excluding carboxylic acids is 2. The van der Waals surface area contributed by atoms with Crippen molar-refractivity contribution in [3.63, 3.8) is 0 Å². The maximum Gasteiger partial charge on any atom is 0.251 e. The van der Waals surface area contributed by atoms with E-state index >= 15 is 0 Å². The average Bonchev–Trinajstić information content (AvgIpc) is 2.70. The third-order valence-electron chi connectivity index (χ3n) is 4.38. The largest absolute Gasteiger partial charge is 0.489 e. The number of hydrogen-bond donors (Lipinski definition) is 3. The van der Waals surface area contributed by atoms with E-state index in [0.29, 0.717) is 16.3 Å². The zero-order valence-corrected chi connectivity index (χ0v) is 18.6. The van der Waals surface area contributed by atoms with Gasteiger partial charge in [-0.2, -0.15) is 0 Å². The predicted octanol–water partition coefficient (Wildman–Crippen LogP) is 3.61. The van der Waals surface area contributed by atoms with Crippen molar-refractivity contribution in [3.8, 4) is 5.75 Å². The summed E-state index contributed by atoms with van der Waals surface area (Å²) >= 11 is 12.0. The van der Waals surface area contributed by atoms with E-state index in [1.54, 1.807) is 36.4 Å². The Kier molecular flexibility index (Phi) is 8.96. The van der Waals surface area contributed by atoms with Gasteiger partial charge >= 0.3 is 0 Å². The number of ether oxygens (including phenoxy) is 1. The first-order chi connectivity index (χ1) is 14.2. The van der Waals surface area contributed by atoms with Gasteiger partial charge in [0.1, 0.15) is 29.5 Å². The molecule has 0 aliphatic carbocycles. The predicted molar refractivity (Wildman–Crippen MR) is 118 cm³/mol. The van der Waals surface area contributed by atoms with E-state index in [9.17, 15) is 14.7 Å². The summed E-state index contributed by atoms with van der Waals surface area (Å²) in [6.45, 7) is 5.44. The van der Waals surface area contributed by atoms with Crippen LogP contribution in [0.25, 0.3) is 0 Å². The monoisotopic (exact) mass is 452 g/mol. The molecule has 2 aromatic carbocycles. The second-order valence-electron chi connectivity index (χ2n) is 7.33. The van der Waals surface area contributed by atoms with Gasteiger partial charge < -0.3 is 20.5 Å². The Morgan fingerprint density at radius 1 is 1.13 bits per heavy atom. The fourth-order valence-corrected chi connectivity index (χ4v) is 3.06. The molecule has 0 bridgehead atoms. The molecule has 162 valence electrons. The van der Waals surface area contributed by atoms with E-state index in [4.69, 9.17) is 27.9 Å². The number of aliphatic hydroxyl groups excluding tert-OH is 1. The van der Waals surface area contributed by atoms with Gasteiger partial charge in [0.2, 0.25) is 5.91 Å². The van der Waals surface area contributed by atoms with Crippen LogP contribution >= 0.6 is 23.2 Å². The first-order valence-corrected chi connectivity index (χ1v) is 10.3. The molecule has 0 radical (unpaired) electrons. The second kappa shape index (κ2) is 11.2. The number of hydrogen-bond acceptors (Lipinski definition) is 4. The summed E-state index contributed by atoms with van der Waals surface area (Å²) in [4.78, 5) is 25.1. The Morgan fingerprint density at radius 2 is 1.83 bits per heavy atom. The highest BCUT2D eigenvalue weighted by atomic mass is 35.5. The van der Waals surface area contributed by atoms with Crippen molar-refractivity contribution >= 4 is 35.0 Å². The van der Waals surface area contributed by atoms with E-state index in [-0.39, 0.29) is 35.9 Å². The molecule has 0 spiro atoms. The Bertz CT molecular complexity index is 889. The summed E-state index contributed by atoms with van der Waals surface area (Å²) in [5.41, 5.74) is 1.44. The molecule has 0 saturated heterocycles. The number of rotatable bonds is 9. The third-order valence-corrected chi connectivity index (χ3v) is 5.18. The maximum absolute atomic E-state index is 12.6. The van der Waals surface area contributed by atoms with E-state index in [2.05, 4.69) is 10.6 Å². The molecule has 30 heavy (non-hydrogen) atoms. The molecule has 0 fully saturated rings. The van der Waals surface area contributed by atoms with Crippen LogP contribution in [0.3, 0.4) is 0 Å². The number of aliphatic hydroxyl groups is 1. The molecule has 2 atom stereocenters. The number of amides is 2. The van der Waals surface area contributed by atoms with Crippen LogP contribution in [0.5, 0.6) is 5.75 Å². The molecule has 0 saturated carbocycles. The topological polar surface area (TPSA) is 87.7 Å². The number of benzene rings is 2. The van der Waals surface area contributed by atoms with Gasteiger partial charge in [0.25, 0.3) is 5.91 Å². The standard InChI is InChI=1S/C22H26Cl2N2O4/c1-13(2)20(26-21(28)15-7-4-6-14(3)10-15)22(29)25-11-16(27)12-30-18-9-5-8-17(23)19(18)24/h4-10,13,16,20,27H,11-12H2,1-3H3,(H,25,29)(H,26,28). The molecule has 2 rings (SSSR count). The molecule has 3 N–H and O–H groups in total. The molecule has 6 nitrogen and oxygen atoms in total. The van der Waals surface area contributed by atoms with Crippen molar-refractivity contribution in [2.45, 2.75) is 32.9 Å². The highest BCUT2D eigenvalue weighted by Gasteiger charge is 2.25. The van der Waals surface area contributed by atoms with Gasteiger partial charge in [-0.15, -0.1) is 0 Å². The molecule has 0 aliphatic rings. The van der Waals surface area contributed by atoms with Crippen molar-refractivity contribution in [2.24, 2.45) is 5.92 Å². The molecule has 2 unspecified atom stereocenters. The fraction of sp³-hybridized carbons (Fsp3) is 0.364. The average molecular weight is 453 g/mol. The maximum atomic E-state index is 12.6. The van der Waals surface area contributed by atoms with Gasteiger partial charge in [0.15, 0.2) is 0 Å². The zero-order valence-electron chi connectivity index (χ0n) is 17.1. The SMILES string of the molecule is Cc1cccc(C(=O)NC(C(=O)NCC(O)COc2cccc(Cl)c2Cl)C(C)C)c1. The lowest BCUT2D eigenvalue weighted by atomic mass is 10.0. The minimum Gasteiger partial charge on any atom is -0.489 e. The van der Waals surface area contributed by atoms with Gasteiger partial charge in [-0.05, 0) is 37.1 Å². The smallest absolute Gasteiger partial charge is 0.251 e. The summed E-state index contributed by atoms with van der Waals surface area (Å²) in [6.07, 6.45) is -0.968. The molecule has 2 aromatic rings. The highest BCUT2D eigenvalue weighted by molar-refractivity contribution is 6.42. The van der Waals surface area contributed by atoms with Crippen molar-refractivity contribution in [1.82, 2.24) is 10.6 Å². The molecule has 0 aliphatic heterocycles. The van der Waals surface area contributed by atoms with E-state index < -0.39 is 12.1 Å². The van der Waals surface area contributed by atoms with Crippen LogP contribution in [0, 0.1) is 12.8 Å². The fourth-order valence-electron chi connectivity index (χ4n) is 2.71. The van der Waals surface area contributed by atoms with Crippen LogP contribution in [-0.4, -0.2) is 42.2 Å². The van der Waals surface area contributed by atoms with Gasteiger partial charge in [-0.1, -0.05) is 60.8 Å². The van der Waals surface area contributed by atoms with E-state index in [1.165, 1.54) is 0 Å². The summed E-state index contributed by atoms with van der Waals surface area (Å²) < 4.78 is 5.47. The van der Waals surface area contributed by atoms with Crippen molar-refractivity contribution in [3.05, 3.63) is 63.6 Å². The van der Waals surface area contributed by atoms with Gasteiger partial charge in [0.05, 0.1) is 5.02 Å². The Balaban J connectivity index is 1.88. The van der Waals surface area contributed by atoms with Crippen LogP contribution in [0.2, 0.25) is 10.0 Å².